The average molecular weight is 268 g/mol. The molecule has 20 heavy (non-hydrogen) atoms. The van der Waals surface area contributed by atoms with Crippen molar-refractivity contribution in [3.63, 3.8) is 0 Å². The number of likely N-dealkylation sites (N-methyl/N-ethyl adjacent to an activating group) is 1. The van der Waals surface area contributed by atoms with Crippen LogP contribution in [0.25, 0.3) is 16.2 Å². The summed E-state index contributed by atoms with van der Waals surface area (Å²) in [5.74, 6) is 1.40. The lowest BCUT2D eigenvalue weighted by Crippen LogP contribution is -2.22. The molecule has 1 aromatic heterocycles. The Morgan fingerprint density at radius 1 is 1.25 bits per heavy atom. The van der Waals surface area contributed by atoms with Crippen molar-refractivity contribution in [1.82, 2.24) is 9.97 Å². The van der Waals surface area contributed by atoms with Gasteiger partial charge in [0.25, 0.3) is 0 Å². The molecular formula is C15H16N4O. The molecular weight excluding hydrogens is 252 g/mol. The first-order chi connectivity index (χ1) is 9.63. The monoisotopic (exact) mass is 268 g/mol. The van der Waals surface area contributed by atoms with Gasteiger partial charge in [-0.25, -0.2) is 14.8 Å². The van der Waals surface area contributed by atoms with E-state index in [9.17, 15) is 0 Å². The summed E-state index contributed by atoms with van der Waals surface area (Å²) < 4.78 is 0. The van der Waals surface area contributed by atoms with E-state index < -0.39 is 0 Å². The van der Waals surface area contributed by atoms with Crippen molar-refractivity contribution >= 4 is 11.5 Å². The molecule has 5 heteroatoms. The van der Waals surface area contributed by atoms with Crippen molar-refractivity contribution in [2.24, 2.45) is 0 Å². The molecule has 2 rings (SSSR count). The number of aromatic nitrogens is 2. The largest absolute Gasteiger partial charge is 0.395 e. The van der Waals surface area contributed by atoms with Gasteiger partial charge in [0.05, 0.1) is 13.2 Å². The van der Waals surface area contributed by atoms with Gasteiger partial charge in [0.15, 0.2) is 11.5 Å². The number of aliphatic hydroxyl groups excluding tert-OH is 1. The number of rotatable bonds is 4. The van der Waals surface area contributed by atoms with Gasteiger partial charge in [-0.15, -0.1) is 0 Å². The van der Waals surface area contributed by atoms with E-state index in [1.54, 1.807) is 12.1 Å². The summed E-state index contributed by atoms with van der Waals surface area (Å²) in [5.41, 5.74) is 2.34. The maximum Gasteiger partial charge on any atom is 0.187 e. The van der Waals surface area contributed by atoms with Gasteiger partial charge in [0.1, 0.15) is 5.82 Å². The Labute approximate surface area is 118 Å². The molecule has 0 spiro atoms. The average Bonchev–Trinajstić information content (AvgIpc) is 2.47. The highest BCUT2D eigenvalue weighted by Crippen LogP contribution is 2.22. The maximum atomic E-state index is 9.00. The van der Waals surface area contributed by atoms with Crippen LogP contribution in [0.3, 0.4) is 0 Å². The van der Waals surface area contributed by atoms with Crippen LogP contribution in [-0.4, -0.2) is 35.3 Å². The van der Waals surface area contributed by atoms with Gasteiger partial charge in [0, 0.05) is 30.9 Å². The third-order valence-electron chi connectivity index (χ3n) is 2.92. The summed E-state index contributed by atoms with van der Waals surface area (Å²) in [6.07, 6.45) is 0. The Morgan fingerprint density at radius 3 is 2.55 bits per heavy atom. The van der Waals surface area contributed by atoms with Crippen LogP contribution in [0.4, 0.5) is 11.5 Å². The van der Waals surface area contributed by atoms with Crippen molar-refractivity contribution in [2.45, 2.75) is 6.92 Å². The minimum absolute atomic E-state index is 0.0780. The summed E-state index contributed by atoms with van der Waals surface area (Å²) >= 11 is 0. The molecule has 5 nitrogen and oxygen atoms in total. The summed E-state index contributed by atoms with van der Waals surface area (Å²) in [4.78, 5) is 14.2. The number of aliphatic hydroxyl groups is 1. The van der Waals surface area contributed by atoms with Crippen LogP contribution >= 0.6 is 0 Å². The third kappa shape index (κ3) is 3.11. The fourth-order valence-electron chi connectivity index (χ4n) is 1.83. The minimum Gasteiger partial charge on any atom is -0.395 e. The molecule has 102 valence electrons. The van der Waals surface area contributed by atoms with Crippen molar-refractivity contribution in [3.05, 3.63) is 47.4 Å². The number of hydrogen-bond acceptors (Lipinski definition) is 4. The molecule has 0 aliphatic heterocycles. The van der Waals surface area contributed by atoms with Crippen molar-refractivity contribution in [2.75, 3.05) is 25.1 Å². The Morgan fingerprint density at radius 2 is 1.95 bits per heavy atom. The SMILES string of the molecule is [C-]#[N+]c1ccc(-c2nc(C)cc(N(C)CCO)n2)cc1. The van der Waals surface area contributed by atoms with Crippen LogP contribution in [0.2, 0.25) is 0 Å². The zero-order valence-corrected chi connectivity index (χ0v) is 11.5. The zero-order chi connectivity index (χ0) is 14.5. The van der Waals surface area contributed by atoms with Gasteiger partial charge < -0.3 is 10.0 Å². The fourth-order valence-corrected chi connectivity index (χ4v) is 1.83. The lowest BCUT2D eigenvalue weighted by Gasteiger charge is -2.17. The molecule has 1 heterocycles. The normalized spacial score (nSPS) is 10.1. The molecule has 0 unspecified atom stereocenters. The highest BCUT2D eigenvalue weighted by molar-refractivity contribution is 5.61. The summed E-state index contributed by atoms with van der Waals surface area (Å²) in [6, 6.07) is 9.08. The van der Waals surface area contributed by atoms with Crippen LogP contribution in [0.15, 0.2) is 30.3 Å². The molecule has 0 bridgehead atoms. The maximum absolute atomic E-state index is 9.00. The van der Waals surface area contributed by atoms with Gasteiger partial charge in [-0.3, -0.25) is 0 Å². The number of aryl methyl sites for hydroxylation is 1. The van der Waals surface area contributed by atoms with Crippen molar-refractivity contribution in [1.29, 1.82) is 0 Å². The quantitative estimate of drug-likeness (QED) is 0.865. The molecule has 0 amide bonds. The van der Waals surface area contributed by atoms with E-state index in [-0.39, 0.29) is 6.61 Å². The number of benzene rings is 1. The highest BCUT2D eigenvalue weighted by atomic mass is 16.3. The standard InChI is InChI=1S/C15H16N4O/c1-11-10-14(19(3)8-9-20)18-15(17-11)12-4-6-13(16-2)7-5-12/h4-7,10,20H,8-9H2,1,3H3. The lowest BCUT2D eigenvalue weighted by molar-refractivity contribution is 0.304. The van der Waals surface area contributed by atoms with Crippen molar-refractivity contribution < 1.29 is 5.11 Å². The van der Waals surface area contributed by atoms with E-state index in [0.29, 0.717) is 18.1 Å². The van der Waals surface area contributed by atoms with Crippen LogP contribution in [0, 0.1) is 13.5 Å². The summed E-state index contributed by atoms with van der Waals surface area (Å²) in [7, 11) is 1.88. The van der Waals surface area contributed by atoms with E-state index in [4.69, 9.17) is 11.7 Å². The molecule has 0 aliphatic rings. The summed E-state index contributed by atoms with van der Waals surface area (Å²) in [5, 5.41) is 9.00. The first-order valence-electron chi connectivity index (χ1n) is 6.29. The van der Waals surface area contributed by atoms with Gasteiger partial charge in [-0.2, -0.15) is 0 Å². The molecule has 0 saturated carbocycles. The Bertz CT molecular complexity index is 631. The predicted octanol–water partition coefficient (Wildman–Crippen LogP) is 2.43. The van der Waals surface area contributed by atoms with Crippen LogP contribution < -0.4 is 4.90 Å². The van der Waals surface area contributed by atoms with Crippen LogP contribution in [0.5, 0.6) is 0 Å². The van der Waals surface area contributed by atoms with Gasteiger partial charge in [0.2, 0.25) is 0 Å². The molecule has 0 fully saturated rings. The van der Waals surface area contributed by atoms with E-state index >= 15 is 0 Å². The molecule has 0 radical (unpaired) electrons. The van der Waals surface area contributed by atoms with E-state index in [1.165, 1.54) is 0 Å². The van der Waals surface area contributed by atoms with Crippen LogP contribution in [-0.2, 0) is 0 Å². The lowest BCUT2D eigenvalue weighted by atomic mass is 10.2. The first-order valence-corrected chi connectivity index (χ1v) is 6.29. The van der Waals surface area contributed by atoms with Gasteiger partial charge >= 0.3 is 0 Å². The zero-order valence-electron chi connectivity index (χ0n) is 11.5. The third-order valence-corrected chi connectivity index (χ3v) is 2.92. The molecule has 0 saturated heterocycles. The molecule has 2 aromatic rings. The first kappa shape index (κ1) is 14.0. The molecule has 0 aliphatic carbocycles. The predicted molar refractivity (Wildman–Crippen MR) is 78.8 cm³/mol. The second-order valence-electron chi connectivity index (χ2n) is 4.49. The Balaban J connectivity index is 2.38. The minimum atomic E-state index is 0.0780. The van der Waals surface area contributed by atoms with Gasteiger partial charge in [-0.1, -0.05) is 24.3 Å². The van der Waals surface area contributed by atoms with E-state index in [1.807, 2.05) is 37.1 Å². The Hall–Kier alpha value is -2.45. The topological polar surface area (TPSA) is 53.6 Å². The van der Waals surface area contributed by atoms with E-state index in [2.05, 4.69) is 14.8 Å². The fraction of sp³-hybridized carbons (Fsp3) is 0.267. The molecule has 0 atom stereocenters. The van der Waals surface area contributed by atoms with Crippen molar-refractivity contribution in [3.8, 4) is 11.4 Å². The Kier molecular flexibility index (Phi) is 4.28. The highest BCUT2D eigenvalue weighted by Gasteiger charge is 2.08. The van der Waals surface area contributed by atoms with E-state index in [0.717, 1.165) is 17.1 Å². The smallest absolute Gasteiger partial charge is 0.187 e. The number of hydrogen-bond donors (Lipinski definition) is 1. The second-order valence-corrected chi connectivity index (χ2v) is 4.49. The summed E-state index contributed by atoms with van der Waals surface area (Å²) in [6.45, 7) is 9.46. The number of nitrogens with zero attached hydrogens (tertiary/aromatic N) is 4. The van der Waals surface area contributed by atoms with Gasteiger partial charge in [-0.05, 0) is 6.92 Å². The number of anilines is 1. The second kappa shape index (κ2) is 6.13. The molecule has 1 N–H and O–H groups in total. The molecule has 1 aromatic carbocycles. The van der Waals surface area contributed by atoms with Crippen LogP contribution in [0.1, 0.15) is 5.69 Å².